The number of H-pyrrole nitrogens is 2. The number of nitrogens with zero attached hydrogens (tertiary/aromatic N) is 4. The summed E-state index contributed by atoms with van der Waals surface area (Å²) in [5.74, 6) is 2.44. The summed E-state index contributed by atoms with van der Waals surface area (Å²) in [5.41, 5.74) is 12.5. The molecule has 2 aromatic heterocycles. The zero-order valence-electron chi connectivity index (χ0n) is 23.4. The van der Waals surface area contributed by atoms with Gasteiger partial charge in [0.05, 0.1) is 48.5 Å². The number of rotatable bonds is 12. The topological polar surface area (TPSA) is 118 Å². The van der Waals surface area contributed by atoms with Gasteiger partial charge in [-0.1, -0.05) is 0 Å². The molecule has 0 atom stereocenters. The number of imidazole rings is 2. The van der Waals surface area contributed by atoms with Crippen molar-refractivity contribution in [3.8, 4) is 28.5 Å². The van der Waals surface area contributed by atoms with Crippen molar-refractivity contribution in [2.45, 2.75) is 0 Å². The molecule has 10 heteroatoms. The first-order valence-corrected chi connectivity index (χ1v) is 14.2. The first-order chi connectivity index (χ1) is 20.2. The highest BCUT2D eigenvalue weighted by Gasteiger charge is 2.16. The molecule has 6 rings (SSSR count). The monoisotopic (exact) mass is 555 g/mol. The second-order valence-electron chi connectivity index (χ2n) is 10.3. The van der Waals surface area contributed by atoms with Crippen molar-refractivity contribution in [2.75, 3.05) is 77.7 Å². The molecular formula is C31H37N7O3. The van der Waals surface area contributed by atoms with Gasteiger partial charge in [0.1, 0.15) is 24.0 Å². The van der Waals surface area contributed by atoms with Gasteiger partial charge >= 0.3 is 0 Å². The van der Waals surface area contributed by atoms with Crippen LogP contribution in [0.15, 0.2) is 60.7 Å². The number of ether oxygens (including phenoxy) is 3. The number of aromatic nitrogens is 4. The molecule has 1 fully saturated rings. The van der Waals surface area contributed by atoms with Gasteiger partial charge < -0.3 is 39.7 Å². The zero-order valence-corrected chi connectivity index (χ0v) is 23.4. The SMILES string of the molecule is CN1CCN(c2ccc3[nH]c(-c4ccc5[nH]c(-c6ccc(OCCOCCOCCN)cc6)nc5c4)nc3c2)CC1. The molecule has 3 heterocycles. The van der Waals surface area contributed by atoms with E-state index in [1.165, 1.54) is 5.69 Å². The van der Waals surface area contributed by atoms with Gasteiger partial charge in [0.2, 0.25) is 0 Å². The standard InChI is InChI=1S/C31H37N7O3/c1-37-11-13-38(14-12-37)24-5-9-27-29(21-24)36-31(34-27)23-4-8-26-28(20-23)35-30(33-26)22-2-6-25(7-3-22)41-19-18-40-17-16-39-15-10-32/h2-9,20-21H,10-19,32H2,1H3,(H,33,35)(H,34,36). The lowest BCUT2D eigenvalue weighted by molar-refractivity contribution is 0.0388. The van der Waals surface area contributed by atoms with Gasteiger partial charge in [0.25, 0.3) is 0 Å². The summed E-state index contributed by atoms with van der Waals surface area (Å²) in [5, 5.41) is 0. The number of aromatic amines is 2. The second kappa shape index (κ2) is 12.7. The van der Waals surface area contributed by atoms with Gasteiger partial charge in [0, 0.05) is 49.5 Å². The number of hydrogen-bond donors (Lipinski definition) is 3. The Hall–Kier alpha value is -3.96. The summed E-state index contributed by atoms with van der Waals surface area (Å²) in [6.45, 7) is 7.36. The van der Waals surface area contributed by atoms with Crippen LogP contribution in [-0.4, -0.2) is 97.6 Å². The van der Waals surface area contributed by atoms with Gasteiger partial charge in [-0.2, -0.15) is 0 Å². The lowest BCUT2D eigenvalue weighted by Crippen LogP contribution is -2.44. The van der Waals surface area contributed by atoms with Crippen LogP contribution in [0.3, 0.4) is 0 Å². The highest BCUT2D eigenvalue weighted by Crippen LogP contribution is 2.28. The van der Waals surface area contributed by atoms with Crippen molar-refractivity contribution in [3.63, 3.8) is 0 Å². The predicted molar refractivity (Wildman–Crippen MR) is 163 cm³/mol. The third-order valence-corrected chi connectivity index (χ3v) is 7.35. The molecule has 1 aliphatic rings. The van der Waals surface area contributed by atoms with E-state index in [1.54, 1.807) is 0 Å². The highest BCUT2D eigenvalue weighted by molar-refractivity contribution is 5.87. The third-order valence-electron chi connectivity index (χ3n) is 7.35. The maximum Gasteiger partial charge on any atom is 0.138 e. The first-order valence-electron chi connectivity index (χ1n) is 14.2. The van der Waals surface area contributed by atoms with Crippen molar-refractivity contribution in [1.29, 1.82) is 0 Å². The van der Waals surface area contributed by atoms with Gasteiger partial charge in [-0.15, -0.1) is 0 Å². The van der Waals surface area contributed by atoms with Crippen LogP contribution in [0.1, 0.15) is 0 Å². The van der Waals surface area contributed by atoms with Crippen LogP contribution in [0.5, 0.6) is 5.75 Å². The Morgan fingerprint density at radius 2 is 1.32 bits per heavy atom. The van der Waals surface area contributed by atoms with E-state index in [0.29, 0.717) is 39.6 Å². The number of anilines is 1. The van der Waals surface area contributed by atoms with Gasteiger partial charge in [0.15, 0.2) is 0 Å². The van der Waals surface area contributed by atoms with E-state index in [0.717, 1.165) is 76.8 Å². The smallest absolute Gasteiger partial charge is 0.138 e. The highest BCUT2D eigenvalue weighted by atomic mass is 16.5. The Balaban J connectivity index is 1.10. The van der Waals surface area contributed by atoms with Crippen molar-refractivity contribution in [1.82, 2.24) is 24.8 Å². The molecule has 10 nitrogen and oxygen atoms in total. The predicted octanol–water partition coefficient (Wildman–Crippen LogP) is 3.90. The molecule has 4 N–H and O–H groups in total. The van der Waals surface area contributed by atoms with E-state index in [4.69, 9.17) is 29.9 Å². The van der Waals surface area contributed by atoms with E-state index in [2.05, 4.69) is 63.2 Å². The number of likely N-dealkylation sites (N-methyl/N-ethyl adjacent to an activating group) is 1. The fourth-order valence-electron chi connectivity index (χ4n) is 5.01. The molecule has 0 unspecified atom stereocenters. The Kier molecular flexibility index (Phi) is 8.43. The molecule has 5 aromatic rings. The molecule has 0 spiro atoms. The van der Waals surface area contributed by atoms with Crippen LogP contribution in [0, 0.1) is 0 Å². The number of nitrogens with two attached hydrogens (primary N) is 1. The van der Waals surface area contributed by atoms with Crippen LogP contribution in [0.2, 0.25) is 0 Å². The summed E-state index contributed by atoms with van der Waals surface area (Å²) in [6.07, 6.45) is 0. The molecule has 0 aliphatic carbocycles. The Morgan fingerprint density at radius 3 is 2.05 bits per heavy atom. The Bertz CT molecular complexity index is 1570. The summed E-state index contributed by atoms with van der Waals surface area (Å²) in [7, 11) is 2.17. The molecule has 0 bridgehead atoms. The second-order valence-corrected chi connectivity index (χ2v) is 10.3. The van der Waals surface area contributed by atoms with Gasteiger partial charge in [-0.3, -0.25) is 0 Å². The van der Waals surface area contributed by atoms with Gasteiger partial charge in [-0.25, -0.2) is 9.97 Å². The molecule has 1 saturated heterocycles. The Morgan fingerprint density at radius 1 is 0.707 bits per heavy atom. The van der Waals surface area contributed by atoms with Crippen molar-refractivity contribution in [3.05, 3.63) is 60.7 Å². The fourth-order valence-corrected chi connectivity index (χ4v) is 5.01. The summed E-state index contributed by atoms with van der Waals surface area (Å²) >= 11 is 0. The lowest BCUT2D eigenvalue weighted by atomic mass is 10.2. The van der Waals surface area contributed by atoms with Crippen LogP contribution in [0.25, 0.3) is 44.8 Å². The number of piperazine rings is 1. The van der Waals surface area contributed by atoms with Crippen molar-refractivity contribution in [2.24, 2.45) is 5.73 Å². The fraction of sp³-hybridized carbons (Fsp3) is 0.355. The number of benzene rings is 3. The van der Waals surface area contributed by atoms with E-state index in [9.17, 15) is 0 Å². The molecule has 0 amide bonds. The third kappa shape index (κ3) is 6.52. The van der Waals surface area contributed by atoms with Crippen LogP contribution in [-0.2, 0) is 9.47 Å². The minimum atomic E-state index is 0.475. The minimum absolute atomic E-state index is 0.475. The number of fused-ring (bicyclic) bond motifs is 2. The van der Waals surface area contributed by atoms with Crippen molar-refractivity contribution >= 4 is 27.8 Å². The zero-order chi connectivity index (χ0) is 28.0. The quantitative estimate of drug-likeness (QED) is 0.199. The van der Waals surface area contributed by atoms with Crippen molar-refractivity contribution < 1.29 is 14.2 Å². The van der Waals surface area contributed by atoms with E-state index in [-0.39, 0.29) is 0 Å². The lowest BCUT2D eigenvalue weighted by Gasteiger charge is -2.34. The molecule has 0 saturated carbocycles. The maximum atomic E-state index is 5.79. The molecule has 0 radical (unpaired) electrons. The molecular weight excluding hydrogens is 518 g/mol. The first kappa shape index (κ1) is 27.2. The maximum absolute atomic E-state index is 5.79. The van der Waals surface area contributed by atoms with E-state index in [1.807, 2.05) is 24.3 Å². The molecule has 1 aliphatic heterocycles. The number of nitrogens with one attached hydrogen (secondary N) is 2. The Labute approximate surface area is 239 Å². The van der Waals surface area contributed by atoms with Gasteiger partial charge in [-0.05, 0) is 67.7 Å². The normalized spacial score (nSPS) is 14.3. The average Bonchev–Trinajstić information content (AvgIpc) is 3.63. The minimum Gasteiger partial charge on any atom is -0.491 e. The number of hydrogen-bond acceptors (Lipinski definition) is 8. The summed E-state index contributed by atoms with van der Waals surface area (Å²) in [6, 6.07) is 20.6. The summed E-state index contributed by atoms with van der Waals surface area (Å²) in [4.78, 5) is 21.5. The largest absolute Gasteiger partial charge is 0.491 e. The molecule has 214 valence electrons. The average molecular weight is 556 g/mol. The molecule has 41 heavy (non-hydrogen) atoms. The van der Waals surface area contributed by atoms with Crippen LogP contribution < -0.4 is 15.4 Å². The molecule has 3 aromatic carbocycles. The van der Waals surface area contributed by atoms with Crippen LogP contribution in [0.4, 0.5) is 5.69 Å². The van der Waals surface area contributed by atoms with E-state index >= 15 is 0 Å². The summed E-state index contributed by atoms with van der Waals surface area (Å²) < 4.78 is 16.6. The van der Waals surface area contributed by atoms with E-state index < -0.39 is 0 Å². The van der Waals surface area contributed by atoms with Crippen LogP contribution >= 0.6 is 0 Å².